The van der Waals surface area contributed by atoms with Crippen molar-refractivity contribution in [3.05, 3.63) is 12.2 Å². The van der Waals surface area contributed by atoms with Gasteiger partial charge in [-0.1, -0.05) is 32.3 Å². The van der Waals surface area contributed by atoms with Crippen molar-refractivity contribution in [1.82, 2.24) is 15.5 Å². The van der Waals surface area contributed by atoms with Gasteiger partial charge in [-0.25, -0.2) is 0 Å². The molecule has 0 fully saturated rings. The van der Waals surface area contributed by atoms with E-state index in [0.29, 0.717) is 12.6 Å². The minimum absolute atomic E-state index is 0.554. The smallest absolute Gasteiger partial charge is 0.213 e. The summed E-state index contributed by atoms with van der Waals surface area (Å²) in [6.45, 7) is 7.43. The molecular weight excluding hydrogens is 190 g/mol. The van der Waals surface area contributed by atoms with Crippen LogP contribution in [0.25, 0.3) is 0 Å². The van der Waals surface area contributed by atoms with Crippen LogP contribution in [0.2, 0.25) is 0 Å². The SMILES string of the molecule is CCC(C)CC(CC)NCc1ncon1. The summed E-state index contributed by atoms with van der Waals surface area (Å²) in [5.74, 6) is 1.50. The fourth-order valence-electron chi connectivity index (χ4n) is 1.55. The molecule has 1 heterocycles. The average molecular weight is 211 g/mol. The van der Waals surface area contributed by atoms with Crippen LogP contribution in [0.1, 0.15) is 45.9 Å². The maximum absolute atomic E-state index is 4.68. The van der Waals surface area contributed by atoms with E-state index in [1.165, 1.54) is 19.2 Å². The van der Waals surface area contributed by atoms with Gasteiger partial charge in [0.15, 0.2) is 5.82 Å². The third kappa shape index (κ3) is 4.42. The van der Waals surface area contributed by atoms with E-state index in [0.717, 1.165) is 18.2 Å². The second-order valence-corrected chi connectivity index (χ2v) is 4.08. The molecule has 0 aliphatic heterocycles. The van der Waals surface area contributed by atoms with Crippen molar-refractivity contribution in [1.29, 1.82) is 0 Å². The highest BCUT2D eigenvalue weighted by molar-refractivity contribution is 4.79. The van der Waals surface area contributed by atoms with Crippen molar-refractivity contribution < 1.29 is 4.52 Å². The molecule has 1 aromatic rings. The first-order valence-electron chi connectivity index (χ1n) is 5.74. The highest BCUT2D eigenvalue weighted by atomic mass is 16.5. The summed E-state index contributed by atoms with van der Waals surface area (Å²) in [6.07, 6.45) is 4.96. The number of hydrogen-bond acceptors (Lipinski definition) is 4. The molecular formula is C11H21N3O. The second-order valence-electron chi connectivity index (χ2n) is 4.08. The second kappa shape index (κ2) is 6.56. The Bertz CT molecular complexity index is 248. The first-order valence-corrected chi connectivity index (χ1v) is 5.74. The maximum Gasteiger partial charge on any atom is 0.213 e. The fraction of sp³-hybridized carbons (Fsp3) is 0.818. The van der Waals surface area contributed by atoms with Crippen LogP contribution in [0.5, 0.6) is 0 Å². The molecule has 1 aromatic heterocycles. The molecule has 86 valence electrons. The molecule has 0 aliphatic carbocycles. The van der Waals surface area contributed by atoms with Crippen LogP contribution in [0.15, 0.2) is 10.9 Å². The van der Waals surface area contributed by atoms with Crippen molar-refractivity contribution in [2.45, 2.75) is 52.6 Å². The summed E-state index contributed by atoms with van der Waals surface area (Å²) >= 11 is 0. The van der Waals surface area contributed by atoms with E-state index in [1.54, 1.807) is 0 Å². The van der Waals surface area contributed by atoms with E-state index >= 15 is 0 Å². The maximum atomic E-state index is 4.68. The van der Waals surface area contributed by atoms with E-state index in [9.17, 15) is 0 Å². The van der Waals surface area contributed by atoms with Gasteiger partial charge in [0.2, 0.25) is 6.39 Å². The Labute approximate surface area is 91.5 Å². The summed E-state index contributed by atoms with van der Waals surface area (Å²) in [6, 6.07) is 0.554. The van der Waals surface area contributed by atoms with Gasteiger partial charge in [0, 0.05) is 6.04 Å². The minimum atomic E-state index is 0.554. The van der Waals surface area contributed by atoms with Crippen molar-refractivity contribution in [2.24, 2.45) is 5.92 Å². The highest BCUT2D eigenvalue weighted by Crippen LogP contribution is 2.12. The molecule has 2 atom stereocenters. The van der Waals surface area contributed by atoms with Gasteiger partial charge in [0.25, 0.3) is 0 Å². The van der Waals surface area contributed by atoms with Crippen LogP contribution in [0, 0.1) is 5.92 Å². The molecule has 0 amide bonds. The molecule has 0 spiro atoms. The molecule has 0 radical (unpaired) electrons. The molecule has 4 nitrogen and oxygen atoms in total. The predicted molar refractivity (Wildman–Crippen MR) is 59.3 cm³/mol. The van der Waals surface area contributed by atoms with Gasteiger partial charge in [0.1, 0.15) is 0 Å². The Morgan fingerprint density at radius 2 is 2.20 bits per heavy atom. The zero-order valence-corrected chi connectivity index (χ0v) is 9.86. The van der Waals surface area contributed by atoms with E-state index < -0.39 is 0 Å². The lowest BCUT2D eigenvalue weighted by molar-refractivity contribution is 0.371. The van der Waals surface area contributed by atoms with Crippen molar-refractivity contribution in [3.8, 4) is 0 Å². The lowest BCUT2D eigenvalue weighted by atomic mass is 9.98. The van der Waals surface area contributed by atoms with Gasteiger partial charge >= 0.3 is 0 Å². The third-order valence-electron chi connectivity index (χ3n) is 2.83. The summed E-state index contributed by atoms with van der Waals surface area (Å²) in [4.78, 5) is 3.98. The molecule has 0 aliphatic rings. The van der Waals surface area contributed by atoms with Gasteiger partial charge in [-0.05, 0) is 18.8 Å². The first kappa shape index (κ1) is 12.2. The van der Waals surface area contributed by atoms with Crippen LogP contribution in [0.3, 0.4) is 0 Å². The zero-order valence-electron chi connectivity index (χ0n) is 9.86. The largest absolute Gasteiger partial charge is 0.343 e. The van der Waals surface area contributed by atoms with E-state index in [1.807, 2.05) is 0 Å². The number of rotatable bonds is 7. The average Bonchev–Trinajstić information content (AvgIpc) is 2.76. The lowest BCUT2D eigenvalue weighted by Gasteiger charge is -2.19. The minimum Gasteiger partial charge on any atom is -0.343 e. The quantitative estimate of drug-likeness (QED) is 0.752. The third-order valence-corrected chi connectivity index (χ3v) is 2.83. The molecule has 4 heteroatoms. The van der Waals surface area contributed by atoms with Gasteiger partial charge in [0.05, 0.1) is 6.54 Å². The highest BCUT2D eigenvalue weighted by Gasteiger charge is 2.10. The fourth-order valence-corrected chi connectivity index (χ4v) is 1.55. The van der Waals surface area contributed by atoms with Crippen LogP contribution in [-0.4, -0.2) is 16.2 Å². The summed E-state index contributed by atoms with van der Waals surface area (Å²) in [5.41, 5.74) is 0. The molecule has 2 unspecified atom stereocenters. The summed E-state index contributed by atoms with van der Waals surface area (Å²) in [5, 5.41) is 7.23. The molecule has 0 bridgehead atoms. The van der Waals surface area contributed by atoms with Gasteiger partial charge < -0.3 is 9.84 Å². The molecule has 1 rings (SSSR count). The molecule has 0 aromatic carbocycles. The number of hydrogen-bond donors (Lipinski definition) is 1. The Hall–Kier alpha value is -0.900. The monoisotopic (exact) mass is 211 g/mol. The van der Waals surface area contributed by atoms with E-state index in [4.69, 9.17) is 0 Å². The Kier molecular flexibility index (Phi) is 5.32. The van der Waals surface area contributed by atoms with Crippen LogP contribution in [-0.2, 0) is 6.54 Å². The Morgan fingerprint density at radius 1 is 1.40 bits per heavy atom. The number of aromatic nitrogens is 2. The standard InChI is InChI=1S/C11H21N3O/c1-4-9(3)6-10(5-2)12-7-11-13-8-15-14-11/h8-10,12H,4-7H2,1-3H3. The molecule has 0 saturated carbocycles. The van der Waals surface area contributed by atoms with E-state index in [-0.39, 0.29) is 0 Å². The topological polar surface area (TPSA) is 51.0 Å². The molecule has 1 N–H and O–H groups in total. The van der Waals surface area contributed by atoms with Crippen molar-refractivity contribution >= 4 is 0 Å². The van der Waals surface area contributed by atoms with E-state index in [2.05, 4.69) is 40.8 Å². The zero-order chi connectivity index (χ0) is 11.1. The summed E-state index contributed by atoms with van der Waals surface area (Å²) in [7, 11) is 0. The number of nitrogens with one attached hydrogen (secondary N) is 1. The number of nitrogens with zero attached hydrogens (tertiary/aromatic N) is 2. The first-order chi connectivity index (χ1) is 7.26. The lowest BCUT2D eigenvalue weighted by Crippen LogP contribution is -2.30. The molecule has 15 heavy (non-hydrogen) atoms. The molecule has 0 saturated heterocycles. The predicted octanol–water partition coefficient (Wildman–Crippen LogP) is 2.37. The normalized spacial score (nSPS) is 15.1. The van der Waals surface area contributed by atoms with Crippen LogP contribution < -0.4 is 5.32 Å². The van der Waals surface area contributed by atoms with Crippen LogP contribution >= 0.6 is 0 Å². The van der Waals surface area contributed by atoms with Crippen LogP contribution in [0.4, 0.5) is 0 Å². The Balaban J connectivity index is 2.27. The van der Waals surface area contributed by atoms with Crippen molar-refractivity contribution in [3.63, 3.8) is 0 Å². The van der Waals surface area contributed by atoms with Gasteiger partial charge in [-0.15, -0.1) is 0 Å². The summed E-state index contributed by atoms with van der Waals surface area (Å²) < 4.78 is 4.68. The Morgan fingerprint density at radius 3 is 2.73 bits per heavy atom. The van der Waals surface area contributed by atoms with Gasteiger partial charge in [-0.2, -0.15) is 4.98 Å². The van der Waals surface area contributed by atoms with Crippen molar-refractivity contribution in [2.75, 3.05) is 0 Å². The van der Waals surface area contributed by atoms with Gasteiger partial charge in [-0.3, -0.25) is 0 Å².